The van der Waals surface area contributed by atoms with Gasteiger partial charge < -0.3 is 15.3 Å². The summed E-state index contributed by atoms with van der Waals surface area (Å²) in [6.07, 6.45) is 0.0696. The summed E-state index contributed by atoms with van der Waals surface area (Å²) in [4.78, 5) is 37.8. The molecule has 27 heavy (non-hydrogen) atoms. The Morgan fingerprint density at radius 3 is 2.48 bits per heavy atom. The van der Waals surface area contributed by atoms with Gasteiger partial charge in [0.25, 0.3) is 0 Å². The first-order valence-electron chi connectivity index (χ1n) is 8.57. The second-order valence-corrected chi connectivity index (χ2v) is 6.81. The predicted octanol–water partition coefficient (Wildman–Crippen LogP) is 2.68. The van der Waals surface area contributed by atoms with Crippen LogP contribution in [0.2, 0.25) is 5.02 Å². The normalized spacial score (nSPS) is 17.6. The molecule has 0 bridgehead atoms. The minimum atomic E-state index is -1.01. The lowest BCUT2D eigenvalue weighted by atomic mass is 9.99. The molecule has 140 valence electrons. The summed E-state index contributed by atoms with van der Waals surface area (Å²) in [6, 6.07) is 15.7. The Bertz CT molecular complexity index is 856. The van der Waals surface area contributed by atoms with Gasteiger partial charge in [0, 0.05) is 19.5 Å². The van der Waals surface area contributed by atoms with Gasteiger partial charge in [0.1, 0.15) is 0 Å². The van der Waals surface area contributed by atoms with Crippen molar-refractivity contribution in [2.45, 2.75) is 12.3 Å². The van der Waals surface area contributed by atoms with Gasteiger partial charge in [-0.25, -0.2) is 0 Å². The third kappa shape index (κ3) is 4.28. The number of benzene rings is 2. The van der Waals surface area contributed by atoms with Crippen LogP contribution in [0.15, 0.2) is 54.6 Å². The summed E-state index contributed by atoms with van der Waals surface area (Å²) >= 11 is 6.14. The van der Waals surface area contributed by atoms with E-state index in [1.54, 1.807) is 54.6 Å². The van der Waals surface area contributed by atoms with Crippen LogP contribution >= 0.6 is 11.6 Å². The maximum absolute atomic E-state index is 12.5. The Morgan fingerprint density at radius 2 is 1.81 bits per heavy atom. The number of rotatable bonds is 6. The highest BCUT2D eigenvalue weighted by atomic mass is 35.5. The zero-order valence-electron chi connectivity index (χ0n) is 14.5. The van der Waals surface area contributed by atoms with Crippen molar-refractivity contribution in [2.24, 2.45) is 5.92 Å². The first-order chi connectivity index (χ1) is 13.0. The topological polar surface area (TPSA) is 86.7 Å². The number of amides is 2. The van der Waals surface area contributed by atoms with Gasteiger partial charge in [0.15, 0.2) is 0 Å². The monoisotopic (exact) mass is 386 g/mol. The van der Waals surface area contributed by atoms with Crippen LogP contribution in [0.1, 0.15) is 17.9 Å². The fourth-order valence-electron chi connectivity index (χ4n) is 3.17. The van der Waals surface area contributed by atoms with E-state index >= 15 is 0 Å². The molecular weight excluding hydrogens is 368 g/mol. The number of hydrogen-bond acceptors (Lipinski definition) is 3. The molecule has 2 aromatic rings. The molecule has 0 radical (unpaired) electrons. The molecule has 1 fully saturated rings. The van der Waals surface area contributed by atoms with Gasteiger partial charge >= 0.3 is 5.97 Å². The van der Waals surface area contributed by atoms with Crippen molar-refractivity contribution in [3.63, 3.8) is 0 Å². The summed E-state index contributed by atoms with van der Waals surface area (Å²) in [5.74, 6) is -2.91. The summed E-state index contributed by atoms with van der Waals surface area (Å²) < 4.78 is 0. The van der Waals surface area contributed by atoms with Crippen LogP contribution in [0, 0.1) is 5.92 Å². The maximum Gasteiger partial charge on any atom is 0.312 e. The molecule has 6 nitrogen and oxygen atoms in total. The highest BCUT2D eigenvalue weighted by Crippen LogP contribution is 2.31. The van der Waals surface area contributed by atoms with Gasteiger partial charge in [0.05, 0.1) is 22.5 Å². The van der Waals surface area contributed by atoms with Crippen molar-refractivity contribution in [3.05, 3.63) is 65.2 Å². The summed E-state index contributed by atoms with van der Waals surface area (Å²) in [6.45, 7) is 0.187. The lowest BCUT2D eigenvalue weighted by Gasteiger charge is -2.18. The third-order valence-electron chi connectivity index (χ3n) is 4.62. The second-order valence-electron chi connectivity index (χ2n) is 6.40. The SMILES string of the molecule is O=C(NCC(C(=O)O)c1ccccc1)C1CC(=O)N(c2ccccc2Cl)C1. The van der Waals surface area contributed by atoms with Crippen molar-refractivity contribution < 1.29 is 19.5 Å². The number of hydrogen-bond donors (Lipinski definition) is 2. The van der Waals surface area contributed by atoms with Crippen LogP contribution in [-0.4, -0.2) is 36.0 Å². The smallest absolute Gasteiger partial charge is 0.312 e. The number of para-hydroxylation sites is 1. The van der Waals surface area contributed by atoms with Crippen LogP contribution in [0.3, 0.4) is 0 Å². The highest BCUT2D eigenvalue weighted by molar-refractivity contribution is 6.33. The van der Waals surface area contributed by atoms with E-state index in [9.17, 15) is 19.5 Å². The van der Waals surface area contributed by atoms with Gasteiger partial charge in [-0.2, -0.15) is 0 Å². The van der Waals surface area contributed by atoms with E-state index in [2.05, 4.69) is 5.32 Å². The number of carbonyl (C=O) groups excluding carboxylic acids is 2. The summed E-state index contributed by atoms with van der Waals surface area (Å²) in [5, 5.41) is 12.6. The first-order valence-corrected chi connectivity index (χ1v) is 8.95. The number of nitrogens with one attached hydrogen (secondary N) is 1. The molecule has 0 aromatic heterocycles. The molecule has 2 amide bonds. The van der Waals surface area contributed by atoms with E-state index in [-0.39, 0.29) is 31.3 Å². The van der Waals surface area contributed by atoms with E-state index in [1.807, 2.05) is 0 Å². The van der Waals surface area contributed by atoms with E-state index in [0.717, 1.165) is 0 Å². The minimum Gasteiger partial charge on any atom is -0.481 e. The Hall–Kier alpha value is -2.86. The standard InChI is InChI=1S/C20H19ClN2O4/c21-16-8-4-5-9-17(16)23-12-14(10-18(23)24)19(25)22-11-15(20(26)27)13-6-2-1-3-7-13/h1-9,14-15H,10-12H2,(H,22,25)(H,26,27). The van der Waals surface area contributed by atoms with E-state index in [1.165, 1.54) is 4.90 Å². The average Bonchev–Trinajstić information content (AvgIpc) is 3.04. The van der Waals surface area contributed by atoms with E-state index < -0.39 is 17.8 Å². The molecule has 7 heteroatoms. The molecule has 2 N–H and O–H groups in total. The van der Waals surface area contributed by atoms with Crippen LogP contribution < -0.4 is 10.2 Å². The van der Waals surface area contributed by atoms with Crippen LogP contribution in [0.5, 0.6) is 0 Å². The largest absolute Gasteiger partial charge is 0.481 e. The molecule has 1 aliphatic rings. The fourth-order valence-corrected chi connectivity index (χ4v) is 3.40. The van der Waals surface area contributed by atoms with Crippen molar-refractivity contribution in [3.8, 4) is 0 Å². The lowest BCUT2D eigenvalue weighted by molar-refractivity contribution is -0.138. The molecule has 2 unspecified atom stereocenters. The van der Waals surface area contributed by atoms with Gasteiger partial charge in [-0.15, -0.1) is 0 Å². The summed E-state index contributed by atoms with van der Waals surface area (Å²) in [7, 11) is 0. The Labute approximate surface area is 161 Å². The molecule has 3 rings (SSSR count). The molecule has 1 aliphatic heterocycles. The van der Waals surface area contributed by atoms with Crippen molar-refractivity contribution in [1.29, 1.82) is 0 Å². The quantitative estimate of drug-likeness (QED) is 0.799. The van der Waals surface area contributed by atoms with Crippen LogP contribution in [0.4, 0.5) is 5.69 Å². The number of anilines is 1. The number of nitrogens with zero attached hydrogens (tertiary/aromatic N) is 1. The van der Waals surface area contributed by atoms with Crippen molar-refractivity contribution >= 4 is 35.1 Å². The zero-order chi connectivity index (χ0) is 19.4. The fraction of sp³-hybridized carbons (Fsp3) is 0.250. The van der Waals surface area contributed by atoms with E-state index in [4.69, 9.17) is 11.6 Å². The highest BCUT2D eigenvalue weighted by Gasteiger charge is 2.36. The zero-order valence-corrected chi connectivity index (χ0v) is 15.2. The summed E-state index contributed by atoms with van der Waals surface area (Å²) in [5.41, 5.74) is 1.19. The van der Waals surface area contributed by atoms with Gasteiger partial charge in [-0.1, -0.05) is 54.1 Å². The number of carbonyl (C=O) groups is 3. The number of aliphatic carboxylic acids is 1. The molecule has 2 atom stereocenters. The molecule has 1 saturated heterocycles. The van der Waals surface area contributed by atoms with E-state index in [0.29, 0.717) is 16.3 Å². The third-order valence-corrected chi connectivity index (χ3v) is 4.94. The second kappa shape index (κ2) is 8.22. The molecule has 1 heterocycles. The predicted molar refractivity (Wildman–Crippen MR) is 102 cm³/mol. The average molecular weight is 387 g/mol. The van der Waals surface area contributed by atoms with Gasteiger partial charge in [0.2, 0.25) is 11.8 Å². The molecule has 0 saturated carbocycles. The number of halogens is 1. The van der Waals surface area contributed by atoms with Crippen LogP contribution in [0.25, 0.3) is 0 Å². The van der Waals surface area contributed by atoms with Gasteiger partial charge in [-0.05, 0) is 17.7 Å². The van der Waals surface area contributed by atoms with Crippen LogP contribution in [-0.2, 0) is 14.4 Å². The minimum absolute atomic E-state index is 0.0328. The molecule has 0 aliphatic carbocycles. The maximum atomic E-state index is 12.5. The lowest BCUT2D eigenvalue weighted by Crippen LogP contribution is -2.37. The molecule has 2 aromatic carbocycles. The van der Waals surface area contributed by atoms with Gasteiger partial charge in [-0.3, -0.25) is 14.4 Å². The van der Waals surface area contributed by atoms with Crippen molar-refractivity contribution in [2.75, 3.05) is 18.0 Å². The molecular formula is C20H19ClN2O4. The Morgan fingerprint density at radius 1 is 1.15 bits per heavy atom. The molecule has 0 spiro atoms. The first kappa shape index (κ1) is 18.9. The number of carboxylic acid groups (broad SMARTS) is 1. The van der Waals surface area contributed by atoms with Crippen molar-refractivity contribution in [1.82, 2.24) is 5.32 Å². The Balaban J connectivity index is 1.64. The Kier molecular flexibility index (Phi) is 5.76. The number of carboxylic acids is 1.